The highest BCUT2D eigenvalue weighted by Crippen LogP contribution is 2.17. The number of nitrogens with one attached hydrogen (secondary N) is 1. The lowest BCUT2D eigenvalue weighted by molar-refractivity contribution is -0.105. The minimum atomic E-state index is -1.23. The Kier molecular flexibility index (Phi) is 5.30. The standard InChI is InChI=1S/C10H12N2O3S2/c1-16-10(17(2)15)9(14)7-3-4-8(11-5-7)12-6-13/h3-6,10H,1-2H3,(H,11,12,13). The molecule has 0 aliphatic carbocycles. The summed E-state index contributed by atoms with van der Waals surface area (Å²) in [4.78, 5) is 26.0. The molecule has 92 valence electrons. The van der Waals surface area contributed by atoms with E-state index in [0.29, 0.717) is 17.8 Å². The van der Waals surface area contributed by atoms with Crippen LogP contribution in [0.15, 0.2) is 18.3 Å². The minimum Gasteiger partial charge on any atom is -0.313 e. The molecule has 1 aromatic heterocycles. The molecule has 2 unspecified atom stereocenters. The van der Waals surface area contributed by atoms with Gasteiger partial charge in [0.1, 0.15) is 10.4 Å². The van der Waals surface area contributed by atoms with Crippen LogP contribution in [0.4, 0.5) is 5.82 Å². The second kappa shape index (κ2) is 6.51. The average molecular weight is 272 g/mol. The van der Waals surface area contributed by atoms with Crippen LogP contribution in [0, 0.1) is 0 Å². The maximum atomic E-state index is 11.9. The Morgan fingerprint density at radius 1 is 1.59 bits per heavy atom. The van der Waals surface area contributed by atoms with Gasteiger partial charge in [-0.3, -0.25) is 13.8 Å². The van der Waals surface area contributed by atoms with Crippen LogP contribution in [-0.2, 0) is 15.6 Å². The lowest BCUT2D eigenvalue weighted by Gasteiger charge is -2.10. The number of ketones is 1. The molecule has 1 heterocycles. The third kappa shape index (κ3) is 3.64. The van der Waals surface area contributed by atoms with Crippen LogP contribution in [0.5, 0.6) is 0 Å². The van der Waals surface area contributed by atoms with Crippen molar-refractivity contribution >= 4 is 40.6 Å². The van der Waals surface area contributed by atoms with Gasteiger partial charge in [0.15, 0.2) is 5.78 Å². The van der Waals surface area contributed by atoms with Crippen molar-refractivity contribution in [3.05, 3.63) is 23.9 Å². The highest BCUT2D eigenvalue weighted by Gasteiger charge is 2.22. The molecule has 17 heavy (non-hydrogen) atoms. The van der Waals surface area contributed by atoms with E-state index in [1.165, 1.54) is 30.3 Å². The predicted octanol–water partition coefficient (Wildman–Crippen LogP) is 0.900. The highest BCUT2D eigenvalue weighted by molar-refractivity contribution is 8.11. The molecule has 0 spiro atoms. The Labute approximate surface area is 106 Å². The smallest absolute Gasteiger partial charge is 0.212 e. The molecule has 0 aliphatic rings. The van der Waals surface area contributed by atoms with Gasteiger partial charge >= 0.3 is 0 Å². The first-order valence-electron chi connectivity index (χ1n) is 4.65. The van der Waals surface area contributed by atoms with E-state index in [0.717, 1.165) is 0 Å². The van der Waals surface area contributed by atoms with Crippen LogP contribution in [0.1, 0.15) is 10.4 Å². The van der Waals surface area contributed by atoms with Gasteiger partial charge in [0, 0.05) is 28.8 Å². The molecule has 0 bridgehead atoms. The molecule has 1 aromatic rings. The number of nitrogens with zero attached hydrogens (tertiary/aromatic N) is 1. The van der Waals surface area contributed by atoms with Crippen molar-refractivity contribution in [2.24, 2.45) is 0 Å². The normalized spacial score (nSPS) is 13.8. The number of carbonyl (C=O) groups excluding carboxylic acids is 2. The molecule has 0 fully saturated rings. The lowest BCUT2D eigenvalue weighted by Crippen LogP contribution is -2.21. The van der Waals surface area contributed by atoms with Gasteiger partial charge < -0.3 is 5.32 Å². The van der Waals surface area contributed by atoms with E-state index in [9.17, 15) is 13.8 Å². The first-order chi connectivity index (χ1) is 8.10. The van der Waals surface area contributed by atoms with Crippen LogP contribution >= 0.6 is 11.8 Å². The van der Waals surface area contributed by atoms with Crippen molar-refractivity contribution in [1.29, 1.82) is 0 Å². The van der Waals surface area contributed by atoms with Gasteiger partial charge in [-0.15, -0.1) is 11.8 Å². The van der Waals surface area contributed by atoms with E-state index in [-0.39, 0.29) is 5.78 Å². The summed E-state index contributed by atoms with van der Waals surface area (Å²) in [5.41, 5.74) is 0.385. The van der Waals surface area contributed by atoms with Crippen molar-refractivity contribution in [1.82, 2.24) is 4.98 Å². The van der Waals surface area contributed by atoms with E-state index >= 15 is 0 Å². The number of anilines is 1. The number of pyridine rings is 1. The lowest BCUT2D eigenvalue weighted by atomic mass is 10.2. The highest BCUT2D eigenvalue weighted by atomic mass is 32.2. The first-order valence-corrected chi connectivity index (χ1v) is 7.56. The molecule has 0 aromatic carbocycles. The maximum absolute atomic E-state index is 11.9. The number of rotatable bonds is 6. The Balaban J connectivity index is 2.88. The number of Topliss-reactive ketones (excluding diaryl/α,β-unsaturated/α-hetero) is 1. The maximum Gasteiger partial charge on any atom is 0.212 e. The Morgan fingerprint density at radius 2 is 2.29 bits per heavy atom. The summed E-state index contributed by atoms with van der Waals surface area (Å²) >= 11 is 1.25. The predicted molar refractivity (Wildman–Crippen MR) is 69.6 cm³/mol. The van der Waals surface area contributed by atoms with Crippen LogP contribution < -0.4 is 5.32 Å². The molecule has 1 amide bonds. The first kappa shape index (κ1) is 13.9. The molecule has 0 aliphatic heterocycles. The zero-order valence-electron chi connectivity index (χ0n) is 9.38. The molecule has 2 atom stereocenters. The summed E-state index contributed by atoms with van der Waals surface area (Å²) in [6.45, 7) is 0. The van der Waals surface area contributed by atoms with Crippen molar-refractivity contribution in [2.45, 2.75) is 4.58 Å². The van der Waals surface area contributed by atoms with Gasteiger partial charge in [-0.1, -0.05) is 0 Å². The summed E-state index contributed by atoms with van der Waals surface area (Å²) in [5.74, 6) is 0.151. The monoisotopic (exact) mass is 272 g/mol. The third-order valence-corrected chi connectivity index (χ3v) is 4.83. The summed E-state index contributed by atoms with van der Waals surface area (Å²) in [7, 11) is -1.23. The Hall–Kier alpha value is -1.21. The Morgan fingerprint density at radius 3 is 2.71 bits per heavy atom. The van der Waals surface area contributed by atoms with Crippen molar-refractivity contribution in [3.8, 4) is 0 Å². The van der Waals surface area contributed by atoms with Gasteiger partial charge in [-0.05, 0) is 18.4 Å². The van der Waals surface area contributed by atoms with Gasteiger partial charge in [0.2, 0.25) is 6.41 Å². The summed E-state index contributed by atoms with van der Waals surface area (Å²) in [5, 5.41) is 2.37. The fourth-order valence-electron chi connectivity index (χ4n) is 1.21. The van der Waals surface area contributed by atoms with Crippen LogP contribution in [-0.4, -0.2) is 38.5 Å². The molecular weight excluding hydrogens is 260 g/mol. The minimum absolute atomic E-state index is 0.219. The van der Waals surface area contributed by atoms with Crippen LogP contribution in [0.2, 0.25) is 0 Å². The number of thioether (sulfide) groups is 1. The second-order valence-electron chi connectivity index (χ2n) is 3.12. The van der Waals surface area contributed by atoms with Gasteiger partial charge in [-0.2, -0.15) is 0 Å². The van der Waals surface area contributed by atoms with E-state index in [4.69, 9.17) is 0 Å². The van der Waals surface area contributed by atoms with Crippen LogP contribution in [0.25, 0.3) is 0 Å². The van der Waals surface area contributed by atoms with Gasteiger partial charge in [-0.25, -0.2) is 4.98 Å². The molecule has 1 rings (SSSR count). The molecule has 7 heteroatoms. The average Bonchev–Trinajstić information content (AvgIpc) is 2.30. The van der Waals surface area contributed by atoms with E-state index in [1.54, 1.807) is 12.3 Å². The SMILES string of the molecule is CSC(C(=O)c1ccc(NC=O)nc1)S(C)=O. The number of amides is 1. The van der Waals surface area contributed by atoms with Crippen LogP contribution in [0.3, 0.4) is 0 Å². The second-order valence-corrected chi connectivity index (χ2v) is 5.83. The number of hydrogen-bond donors (Lipinski definition) is 1. The molecule has 0 radical (unpaired) electrons. The summed E-state index contributed by atoms with van der Waals surface area (Å²) in [6, 6.07) is 3.08. The third-order valence-electron chi connectivity index (χ3n) is 1.98. The van der Waals surface area contributed by atoms with E-state index in [1.807, 2.05) is 0 Å². The van der Waals surface area contributed by atoms with Crippen molar-refractivity contribution < 1.29 is 13.8 Å². The van der Waals surface area contributed by atoms with E-state index in [2.05, 4.69) is 10.3 Å². The summed E-state index contributed by atoms with van der Waals surface area (Å²) in [6.07, 6.45) is 5.11. The molecular formula is C10H12N2O3S2. The van der Waals surface area contributed by atoms with Crippen molar-refractivity contribution in [2.75, 3.05) is 17.8 Å². The molecule has 5 nitrogen and oxygen atoms in total. The van der Waals surface area contributed by atoms with Crippen molar-refractivity contribution in [3.63, 3.8) is 0 Å². The number of hydrogen-bond acceptors (Lipinski definition) is 5. The fraction of sp³-hybridized carbons (Fsp3) is 0.300. The quantitative estimate of drug-likeness (QED) is 0.615. The fourth-order valence-corrected chi connectivity index (χ4v) is 3.09. The summed E-state index contributed by atoms with van der Waals surface area (Å²) < 4.78 is 10.8. The topological polar surface area (TPSA) is 76.1 Å². The van der Waals surface area contributed by atoms with Gasteiger partial charge in [0.05, 0.1) is 0 Å². The largest absolute Gasteiger partial charge is 0.313 e. The number of carbonyl (C=O) groups is 2. The molecule has 1 N–H and O–H groups in total. The number of aromatic nitrogens is 1. The van der Waals surface area contributed by atoms with Gasteiger partial charge in [0.25, 0.3) is 0 Å². The zero-order valence-corrected chi connectivity index (χ0v) is 11.0. The zero-order chi connectivity index (χ0) is 12.8. The van der Waals surface area contributed by atoms with E-state index < -0.39 is 15.4 Å². The Bertz CT molecular complexity index is 434. The molecule has 0 saturated carbocycles. The molecule has 0 saturated heterocycles.